The normalized spacial score (nSPS) is 9.44. The molecule has 0 N–H and O–H groups in total. The zero-order valence-corrected chi connectivity index (χ0v) is 37.8. The summed E-state index contributed by atoms with van der Waals surface area (Å²) in [6.07, 6.45) is 40.5. The molecule has 0 heterocycles. The molecule has 4 radical (unpaired) electrons. The van der Waals surface area contributed by atoms with Crippen LogP contribution in [0.2, 0.25) is 0 Å². The molecule has 0 saturated heterocycles. The standard InChI is InChI=1S/2C18H36O2.C4H4O4.4CH4.2Sn/c2*1-2-3-4-5-6-7-8-9-10-11-12-13-14-15-16-17-18(19)20;5-3(6)1-2-4(7)8;;;;;;/h2*2-17H2,1H3,(H,19,20);1-2H,(H,5,6)(H,7,8);4*1H4;;/q;;;;;;;2*+2/p-4/b;;2-1-;;;;;;. The molecule has 0 aromatic heterocycles. The summed E-state index contributed by atoms with van der Waals surface area (Å²) in [7, 11) is 0. The number of unbranched alkanes of at least 4 members (excludes halogenated alkanes) is 28. The third-order valence-corrected chi connectivity index (χ3v) is 8.32. The van der Waals surface area contributed by atoms with E-state index < -0.39 is 23.9 Å². The van der Waals surface area contributed by atoms with E-state index in [1.54, 1.807) is 0 Å². The van der Waals surface area contributed by atoms with Crippen LogP contribution in [-0.2, 0) is 19.2 Å². The molecule has 320 valence electrons. The van der Waals surface area contributed by atoms with E-state index in [1.165, 1.54) is 167 Å². The molecule has 10 heteroatoms. The molecule has 0 saturated carbocycles. The zero-order chi connectivity index (χ0) is 36.4. The molecule has 0 unspecified atom stereocenters. The van der Waals surface area contributed by atoms with Crippen LogP contribution in [0.1, 0.15) is 249 Å². The second kappa shape index (κ2) is 67.0. The van der Waals surface area contributed by atoms with Crippen molar-refractivity contribution in [3.8, 4) is 0 Å². The third-order valence-electron chi connectivity index (χ3n) is 8.32. The van der Waals surface area contributed by atoms with E-state index in [0.29, 0.717) is 12.2 Å². The Morgan fingerprint density at radius 1 is 0.315 bits per heavy atom. The molecule has 0 atom stereocenters. The zero-order valence-electron chi connectivity index (χ0n) is 32.0. The van der Waals surface area contributed by atoms with Crippen molar-refractivity contribution in [2.75, 3.05) is 0 Å². The van der Waals surface area contributed by atoms with Crippen LogP contribution in [0.3, 0.4) is 0 Å². The van der Waals surface area contributed by atoms with Crippen molar-refractivity contribution >= 4 is 71.7 Å². The van der Waals surface area contributed by atoms with Crippen molar-refractivity contribution in [1.82, 2.24) is 0 Å². The number of rotatable bonds is 34. The van der Waals surface area contributed by atoms with Gasteiger partial charge in [-0.05, 0) is 37.8 Å². The topological polar surface area (TPSA) is 161 Å². The molecule has 0 aliphatic carbocycles. The summed E-state index contributed by atoms with van der Waals surface area (Å²) in [4.78, 5) is 39.3. The molecule has 0 rings (SSSR count). The number of hydrogen-bond donors (Lipinski definition) is 0. The maximum atomic E-state index is 10.2. The smallest absolute Gasteiger partial charge is 0.550 e. The Bertz CT molecular complexity index is 688. The molecule has 54 heavy (non-hydrogen) atoms. The van der Waals surface area contributed by atoms with Crippen LogP contribution in [0.25, 0.3) is 0 Å². The minimum Gasteiger partial charge on any atom is -0.550 e. The van der Waals surface area contributed by atoms with Gasteiger partial charge in [0.15, 0.2) is 0 Å². The second-order valence-electron chi connectivity index (χ2n) is 13.1. The van der Waals surface area contributed by atoms with Crippen molar-refractivity contribution in [3.63, 3.8) is 0 Å². The predicted octanol–water partition coefficient (Wildman–Crippen LogP) is 8.82. The summed E-state index contributed by atoms with van der Waals surface area (Å²) in [5.41, 5.74) is 0. The molecule has 0 aliphatic rings. The van der Waals surface area contributed by atoms with Crippen molar-refractivity contribution in [1.29, 1.82) is 0 Å². The quantitative estimate of drug-likeness (QED) is 0.0351. The largest absolute Gasteiger partial charge is 2.00 e. The van der Waals surface area contributed by atoms with Crippen molar-refractivity contribution < 1.29 is 39.6 Å². The molecule has 0 aliphatic heterocycles. The molecular formula is C44H88O8Sn2. The molecule has 0 spiro atoms. The summed E-state index contributed by atoms with van der Waals surface area (Å²) in [6, 6.07) is 0. The van der Waals surface area contributed by atoms with Gasteiger partial charge >= 0.3 is 47.8 Å². The SMILES string of the molecule is C.C.C.C.CCCCCCCCCCCCCCCCCC(=O)[O-].CCCCCCCCCCCCCCCCCC(=O)[O-].O=C([O-])/C=C\C(=O)[O-].[Sn+2].[Sn+2]. The van der Waals surface area contributed by atoms with E-state index in [4.69, 9.17) is 0 Å². The van der Waals surface area contributed by atoms with Crippen LogP contribution < -0.4 is 20.4 Å². The molecule has 0 bridgehead atoms. The van der Waals surface area contributed by atoms with Crippen molar-refractivity contribution in [3.05, 3.63) is 12.2 Å². The number of hydrogen-bond acceptors (Lipinski definition) is 8. The molecule has 0 fully saturated rings. The first kappa shape index (κ1) is 74.2. The van der Waals surface area contributed by atoms with Crippen LogP contribution in [0, 0.1) is 0 Å². The fourth-order valence-corrected chi connectivity index (χ4v) is 5.42. The third kappa shape index (κ3) is 88.4. The number of carbonyl (C=O) groups excluding carboxylic acids is 4. The monoisotopic (exact) mass is 984 g/mol. The average molecular weight is 983 g/mol. The van der Waals surface area contributed by atoms with Gasteiger partial charge in [-0.2, -0.15) is 0 Å². The Kier molecular flexibility index (Phi) is 92.1. The van der Waals surface area contributed by atoms with Gasteiger partial charge in [0.1, 0.15) is 0 Å². The molecule has 8 nitrogen and oxygen atoms in total. The molecular weight excluding hydrogens is 894 g/mol. The van der Waals surface area contributed by atoms with Crippen molar-refractivity contribution in [2.24, 2.45) is 0 Å². The van der Waals surface area contributed by atoms with Gasteiger partial charge in [0.05, 0.1) is 11.9 Å². The Balaban J connectivity index is -0.0000000816. The molecule has 0 aromatic rings. The van der Waals surface area contributed by atoms with Gasteiger partial charge in [0.2, 0.25) is 0 Å². The average Bonchev–Trinajstić information content (AvgIpc) is 3.04. The van der Waals surface area contributed by atoms with Gasteiger partial charge in [-0.25, -0.2) is 0 Å². The Morgan fingerprint density at radius 3 is 0.593 bits per heavy atom. The van der Waals surface area contributed by atoms with Crippen LogP contribution in [0.15, 0.2) is 12.2 Å². The molecule has 0 amide bonds. The first-order valence-corrected chi connectivity index (χ1v) is 19.7. The second-order valence-corrected chi connectivity index (χ2v) is 13.1. The number of carboxylic acid groups (broad SMARTS) is 4. The first-order chi connectivity index (χ1) is 23.2. The van der Waals surface area contributed by atoms with E-state index in [1.807, 2.05) is 0 Å². The van der Waals surface area contributed by atoms with Gasteiger partial charge in [-0.3, -0.25) is 0 Å². The maximum absolute atomic E-state index is 10.2. The van der Waals surface area contributed by atoms with Gasteiger partial charge in [-0.15, -0.1) is 0 Å². The van der Waals surface area contributed by atoms with Gasteiger partial charge in [-0.1, -0.05) is 223 Å². The molecule has 0 aromatic carbocycles. The van der Waals surface area contributed by atoms with E-state index in [-0.39, 0.29) is 90.4 Å². The predicted molar refractivity (Wildman–Crippen MR) is 227 cm³/mol. The summed E-state index contributed by atoms with van der Waals surface area (Å²) in [5, 5.41) is 39.3. The van der Waals surface area contributed by atoms with Crippen LogP contribution in [0.4, 0.5) is 0 Å². The minimum absolute atomic E-state index is 0. The minimum atomic E-state index is -1.55. The fraction of sp³-hybridized carbons (Fsp3) is 0.864. The maximum Gasteiger partial charge on any atom is 2.00 e. The van der Waals surface area contributed by atoms with Gasteiger partial charge in [0.25, 0.3) is 0 Å². The summed E-state index contributed by atoms with van der Waals surface area (Å²) >= 11 is 0. The van der Waals surface area contributed by atoms with Crippen molar-refractivity contribution in [2.45, 2.75) is 249 Å². The Morgan fingerprint density at radius 2 is 0.463 bits per heavy atom. The van der Waals surface area contributed by atoms with E-state index in [9.17, 15) is 39.6 Å². The summed E-state index contributed by atoms with van der Waals surface area (Å²) in [6.45, 7) is 4.53. The number of carbonyl (C=O) groups is 4. The van der Waals surface area contributed by atoms with E-state index >= 15 is 0 Å². The van der Waals surface area contributed by atoms with Gasteiger partial charge in [0, 0.05) is 11.9 Å². The fourth-order valence-electron chi connectivity index (χ4n) is 5.42. The number of aliphatic carboxylic acids is 4. The van der Waals surface area contributed by atoms with Crippen LogP contribution in [0.5, 0.6) is 0 Å². The number of carboxylic acids is 4. The van der Waals surface area contributed by atoms with Crippen LogP contribution in [-0.4, -0.2) is 71.7 Å². The summed E-state index contributed by atoms with van der Waals surface area (Å²) < 4.78 is 0. The van der Waals surface area contributed by atoms with Crippen LogP contribution >= 0.6 is 0 Å². The Hall–Kier alpha value is -0.783. The van der Waals surface area contributed by atoms with E-state index in [0.717, 1.165) is 25.7 Å². The summed E-state index contributed by atoms with van der Waals surface area (Å²) in [5.74, 6) is -4.90. The Labute approximate surface area is 370 Å². The first-order valence-electron chi connectivity index (χ1n) is 19.7. The van der Waals surface area contributed by atoms with Gasteiger partial charge < -0.3 is 39.6 Å². The van der Waals surface area contributed by atoms with E-state index in [2.05, 4.69) is 13.8 Å².